The largest absolute Gasteiger partial charge is 0.457 e. The zero-order chi connectivity index (χ0) is 26.3. The molecule has 0 aliphatic carbocycles. The van der Waals surface area contributed by atoms with Gasteiger partial charge in [-0.05, 0) is 6.42 Å². The molecule has 6 nitrogen and oxygen atoms in total. The topological polar surface area (TPSA) is 96.2 Å². The average Bonchev–Trinajstić information content (AvgIpc) is 3.24. The van der Waals surface area contributed by atoms with E-state index in [-0.39, 0.29) is 12.6 Å². The van der Waals surface area contributed by atoms with E-state index in [4.69, 9.17) is 14.6 Å². The van der Waals surface area contributed by atoms with Crippen molar-refractivity contribution >= 4 is 5.97 Å². The molecule has 0 radical (unpaired) electrons. The first-order chi connectivity index (χ1) is 17.6. The van der Waals surface area contributed by atoms with Crippen molar-refractivity contribution in [1.82, 2.24) is 0 Å². The van der Waals surface area contributed by atoms with Crippen molar-refractivity contribution in [3.63, 3.8) is 0 Å². The highest BCUT2D eigenvalue weighted by atomic mass is 16.6. The van der Waals surface area contributed by atoms with Gasteiger partial charge in [-0.3, -0.25) is 4.79 Å². The highest BCUT2D eigenvalue weighted by Crippen LogP contribution is 2.21. The molecule has 0 amide bonds. The Morgan fingerprint density at radius 3 is 1.53 bits per heavy atom. The van der Waals surface area contributed by atoms with Crippen molar-refractivity contribution in [3.05, 3.63) is 0 Å². The molecule has 0 spiro atoms. The van der Waals surface area contributed by atoms with Gasteiger partial charge in [-0.2, -0.15) is 0 Å². The quantitative estimate of drug-likeness (QED) is 0.0936. The van der Waals surface area contributed by atoms with Crippen LogP contribution in [-0.4, -0.2) is 58.9 Å². The second kappa shape index (κ2) is 23.4. The van der Waals surface area contributed by atoms with E-state index >= 15 is 0 Å². The Hall–Kier alpha value is -0.690. The van der Waals surface area contributed by atoms with Gasteiger partial charge < -0.3 is 24.8 Å². The lowest BCUT2D eigenvalue weighted by molar-refractivity contribution is -0.153. The molecule has 3 N–H and O–H groups in total. The van der Waals surface area contributed by atoms with Crippen LogP contribution in [0.3, 0.4) is 0 Å². The highest BCUT2D eigenvalue weighted by Gasteiger charge is 2.42. The van der Waals surface area contributed by atoms with Gasteiger partial charge in [-0.15, -0.1) is 0 Å². The minimum atomic E-state index is -1.17. The summed E-state index contributed by atoms with van der Waals surface area (Å²) < 4.78 is 10.5. The van der Waals surface area contributed by atoms with Crippen LogP contribution in [-0.2, 0) is 14.3 Å². The Morgan fingerprint density at radius 1 is 0.750 bits per heavy atom. The molecule has 1 saturated heterocycles. The Labute approximate surface area is 221 Å². The van der Waals surface area contributed by atoms with Crippen molar-refractivity contribution in [1.29, 1.82) is 0 Å². The van der Waals surface area contributed by atoms with Gasteiger partial charge in [0.15, 0.2) is 6.10 Å². The Bertz CT molecular complexity index is 500. The van der Waals surface area contributed by atoms with Gasteiger partial charge in [0.05, 0.1) is 13.2 Å². The molecular weight excluding hydrogens is 456 g/mol. The number of ether oxygens (including phenoxy) is 2. The SMILES string of the molecule is CCCCCCCCCCCCCCCCCCCCCCCC(=O)O[C@@H]1CO[C@H]([C@H](O)CO)[C@@H]1O. The fourth-order valence-electron chi connectivity index (χ4n) is 5.09. The van der Waals surface area contributed by atoms with Crippen LogP contribution in [0.15, 0.2) is 0 Å². The molecular formula is C30H58O6. The number of rotatable bonds is 25. The van der Waals surface area contributed by atoms with Crippen molar-refractivity contribution < 1.29 is 29.6 Å². The predicted octanol–water partition coefficient (Wildman–Crippen LogP) is 6.61. The lowest BCUT2D eigenvalue weighted by Gasteiger charge is -2.20. The van der Waals surface area contributed by atoms with Crippen molar-refractivity contribution in [2.45, 2.75) is 173 Å². The van der Waals surface area contributed by atoms with Crippen LogP contribution in [0.5, 0.6) is 0 Å². The third-order valence-electron chi connectivity index (χ3n) is 7.50. The molecule has 214 valence electrons. The van der Waals surface area contributed by atoms with E-state index < -0.39 is 31.0 Å². The van der Waals surface area contributed by atoms with Crippen LogP contribution >= 0.6 is 0 Å². The summed E-state index contributed by atoms with van der Waals surface area (Å²) in [4.78, 5) is 12.0. The molecule has 1 heterocycles. The van der Waals surface area contributed by atoms with Gasteiger partial charge in [0.25, 0.3) is 0 Å². The molecule has 6 heteroatoms. The molecule has 36 heavy (non-hydrogen) atoms. The maximum atomic E-state index is 12.0. The number of unbranched alkanes of at least 4 members (excludes halogenated alkanes) is 20. The lowest BCUT2D eigenvalue weighted by atomic mass is 10.0. The van der Waals surface area contributed by atoms with E-state index in [0.29, 0.717) is 6.42 Å². The Balaban J connectivity index is 1.78. The molecule has 0 saturated carbocycles. The van der Waals surface area contributed by atoms with Gasteiger partial charge in [-0.1, -0.05) is 135 Å². The Morgan fingerprint density at radius 2 is 1.14 bits per heavy atom. The minimum absolute atomic E-state index is 0.0495. The van der Waals surface area contributed by atoms with Crippen LogP contribution in [0.1, 0.15) is 148 Å². The maximum absolute atomic E-state index is 12.0. The van der Waals surface area contributed by atoms with Gasteiger partial charge in [0.2, 0.25) is 0 Å². The molecule has 1 fully saturated rings. The fraction of sp³-hybridized carbons (Fsp3) is 0.967. The third-order valence-corrected chi connectivity index (χ3v) is 7.50. The standard InChI is InChI=1S/C30H58O6/c1-2-3-4-5-6-7-8-9-10-11-12-13-14-15-16-17-18-19-20-21-22-23-28(33)36-27-25-35-30(29(27)34)26(32)24-31/h26-27,29-32,34H,2-25H2,1H3/t26-,27-,29-,30-/m1/s1. The summed E-state index contributed by atoms with van der Waals surface area (Å²) in [5, 5.41) is 28.6. The van der Waals surface area contributed by atoms with E-state index in [1.807, 2.05) is 0 Å². The third kappa shape index (κ3) is 16.9. The highest BCUT2D eigenvalue weighted by molar-refractivity contribution is 5.69. The van der Waals surface area contributed by atoms with E-state index in [0.717, 1.165) is 19.3 Å². The van der Waals surface area contributed by atoms with Crippen LogP contribution in [0, 0.1) is 0 Å². The summed E-state index contributed by atoms with van der Waals surface area (Å²) in [6.45, 7) is 1.83. The maximum Gasteiger partial charge on any atom is 0.306 e. The number of aliphatic hydroxyl groups excluding tert-OH is 3. The van der Waals surface area contributed by atoms with E-state index in [1.54, 1.807) is 0 Å². The van der Waals surface area contributed by atoms with Gasteiger partial charge >= 0.3 is 5.97 Å². The number of carbonyl (C=O) groups is 1. The lowest BCUT2D eigenvalue weighted by Crippen LogP contribution is -2.41. The molecule has 1 aliphatic rings. The summed E-state index contributed by atoms with van der Waals surface area (Å²) in [6, 6.07) is 0. The van der Waals surface area contributed by atoms with Crippen molar-refractivity contribution in [2.24, 2.45) is 0 Å². The summed E-state index contributed by atoms with van der Waals surface area (Å²) in [5.74, 6) is -0.334. The Kier molecular flexibility index (Phi) is 21.7. The second-order valence-corrected chi connectivity index (χ2v) is 10.9. The number of esters is 1. The molecule has 4 atom stereocenters. The molecule has 0 bridgehead atoms. The first-order valence-electron chi connectivity index (χ1n) is 15.4. The molecule has 1 aliphatic heterocycles. The van der Waals surface area contributed by atoms with E-state index in [2.05, 4.69) is 6.92 Å². The minimum Gasteiger partial charge on any atom is -0.457 e. The fourth-order valence-corrected chi connectivity index (χ4v) is 5.09. The normalized spacial score (nSPS) is 20.6. The summed E-state index contributed by atoms with van der Waals surface area (Å²) in [7, 11) is 0. The number of hydrogen-bond donors (Lipinski definition) is 3. The number of carbonyl (C=O) groups excluding carboxylic acids is 1. The van der Waals surface area contributed by atoms with Gasteiger partial charge in [0.1, 0.15) is 18.3 Å². The zero-order valence-electron chi connectivity index (χ0n) is 23.3. The first kappa shape index (κ1) is 33.3. The van der Waals surface area contributed by atoms with Crippen LogP contribution in [0.25, 0.3) is 0 Å². The molecule has 0 unspecified atom stereocenters. The molecule has 0 aromatic heterocycles. The van der Waals surface area contributed by atoms with Gasteiger partial charge in [-0.25, -0.2) is 0 Å². The van der Waals surface area contributed by atoms with E-state index in [9.17, 15) is 15.0 Å². The summed E-state index contributed by atoms with van der Waals surface area (Å²) in [6.07, 6.45) is 24.3. The second-order valence-electron chi connectivity index (χ2n) is 10.9. The molecule has 0 aromatic rings. The smallest absolute Gasteiger partial charge is 0.306 e. The van der Waals surface area contributed by atoms with Crippen LogP contribution in [0.4, 0.5) is 0 Å². The first-order valence-corrected chi connectivity index (χ1v) is 15.4. The molecule has 1 rings (SSSR count). The van der Waals surface area contributed by atoms with Crippen molar-refractivity contribution in [3.8, 4) is 0 Å². The summed E-state index contributed by atoms with van der Waals surface area (Å²) >= 11 is 0. The average molecular weight is 515 g/mol. The summed E-state index contributed by atoms with van der Waals surface area (Å²) in [5.41, 5.74) is 0. The van der Waals surface area contributed by atoms with Crippen LogP contribution in [0.2, 0.25) is 0 Å². The van der Waals surface area contributed by atoms with E-state index in [1.165, 1.54) is 116 Å². The number of aliphatic hydroxyl groups is 3. The van der Waals surface area contributed by atoms with Crippen LogP contribution < -0.4 is 0 Å². The number of hydrogen-bond acceptors (Lipinski definition) is 6. The van der Waals surface area contributed by atoms with Crippen molar-refractivity contribution in [2.75, 3.05) is 13.2 Å². The monoisotopic (exact) mass is 514 g/mol. The molecule has 0 aromatic carbocycles. The predicted molar refractivity (Wildman–Crippen MR) is 146 cm³/mol. The van der Waals surface area contributed by atoms with Gasteiger partial charge in [0, 0.05) is 6.42 Å². The zero-order valence-corrected chi connectivity index (χ0v) is 23.3.